The highest BCUT2D eigenvalue weighted by Gasteiger charge is 2.29. The van der Waals surface area contributed by atoms with Crippen molar-refractivity contribution in [2.24, 2.45) is 42.3 Å². The van der Waals surface area contributed by atoms with Gasteiger partial charge in [-0.2, -0.15) is 18.7 Å². The average Bonchev–Trinajstić information content (AvgIpc) is 1.60. The highest BCUT2D eigenvalue weighted by atomic mass is 15.4. The summed E-state index contributed by atoms with van der Waals surface area (Å²) in [6, 6.07) is 59.1. The Hall–Kier alpha value is -10.6. The summed E-state index contributed by atoms with van der Waals surface area (Å²) in [7, 11) is 12.5. The van der Waals surface area contributed by atoms with Gasteiger partial charge in [0.1, 0.15) is 23.3 Å². The van der Waals surface area contributed by atoms with Crippen molar-refractivity contribution < 1.29 is 28.1 Å². The Bertz CT molecular complexity index is 5010. The van der Waals surface area contributed by atoms with E-state index in [1.807, 2.05) is 31.7 Å². The van der Waals surface area contributed by atoms with E-state index < -0.39 is 0 Å². The van der Waals surface area contributed by atoms with Crippen molar-refractivity contribution in [3.63, 3.8) is 0 Å². The molecule has 0 radical (unpaired) electrons. The quantitative estimate of drug-likeness (QED) is 0.142. The first-order valence-electron chi connectivity index (χ1n) is 34.1. The maximum absolute atomic E-state index is 4.64. The molecule has 14 nitrogen and oxygen atoms in total. The molecule has 0 aliphatic rings. The number of aryl methyl sites for hydroxylation is 13. The predicted octanol–water partition coefficient (Wildman–Crippen LogP) is 14.9. The van der Waals surface area contributed by atoms with Gasteiger partial charge >= 0.3 is 0 Å². The van der Waals surface area contributed by atoms with E-state index in [1.54, 1.807) is 0 Å². The molecule has 0 spiro atoms. The summed E-state index contributed by atoms with van der Waals surface area (Å²) in [5.41, 5.74) is 27.4. The molecule has 98 heavy (non-hydrogen) atoms. The van der Waals surface area contributed by atoms with Gasteiger partial charge in [-0.05, 0) is 137 Å². The minimum Gasteiger partial charge on any atom is -0.254 e. The Morgan fingerprint density at radius 1 is 0.388 bits per heavy atom. The Morgan fingerprint density at radius 3 is 1.37 bits per heavy atom. The van der Waals surface area contributed by atoms with Gasteiger partial charge in [-0.15, -0.1) is 18.7 Å². The standard InChI is InChI=1S/2C18H22N3.C13H17N2.2C12H15N2.C11H13N2/c1-12(2)16-10-13(3)18(11-19-16)21-17-9-7-6-8-15(17)14(4)20(21)5;1-12(2)17-18(13(3)10-11-19-17)21-16-9-7-6-8-15(16)14(4)20(21)5;1-10-7-5-6-8-13(10)15-9-11(2)12(3)14(15)4;1-10-8-13(3)14(9-10)12-7-5-4-6-11(12)2;1-10-6-4-5-7-12(10)14-9-8-11(2)13(14)3;1-10-6-3-4-7-11(10)13-9-5-8-12(13)2/h2*6-12H,1-5H3;5-9H,1-4H3;2*4-9H,1-3H3;3-9H,1-2H3/q6*+1. The van der Waals surface area contributed by atoms with Crippen molar-refractivity contribution in [3.8, 4) is 34.1 Å². The number of hydrogen-bond donors (Lipinski definition) is 0. The number of benzene rings is 6. The maximum atomic E-state index is 4.64. The predicted molar refractivity (Wildman–Crippen MR) is 397 cm³/mol. The molecule has 0 aliphatic carbocycles. The van der Waals surface area contributed by atoms with E-state index in [9.17, 15) is 0 Å². The van der Waals surface area contributed by atoms with Gasteiger partial charge < -0.3 is 0 Å². The van der Waals surface area contributed by atoms with E-state index in [0.717, 1.165) is 17.1 Å². The van der Waals surface area contributed by atoms with Crippen molar-refractivity contribution in [2.45, 2.75) is 123 Å². The van der Waals surface area contributed by atoms with Gasteiger partial charge in [-0.25, -0.2) is 0 Å². The minimum absolute atomic E-state index is 0.390. The number of aromatic nitrogens is 14. The number of fused-ring (bicyclic) bond motifs is 2. The van der Waals surface area contributed by atoms with Gasteiger partial charge in [0.05, 0.1) is 74.1 Å². The van der Waals surface area contributed by atoms with E-state index in [1.165, 1.54) is 118 Å². The van der Waals surface area contributed by atoms with Crippen LogP contribution in [0.1, 0.15) is 118 Å². The molecule has 8 aromatic heterocycles. The summed E-state index contributed by atoms with van der Waals surface area (Å²) in [6.45, 7) is 34.4. The normalized spacial score (nSPS) is 10.9. The third-order valence-electron chi connectivity index (χ3n) is 18.8. The van der Waals surface area contributed by atoms with E-state index in [-0.39, 0.29) is 0 Å². The molecule has 504 valence electrons. The van der Waals surface area contributed by atoms with Crippen LogP contribution in [-0.2, 0) is 42.3 Å². The molecule has 0 saturated carbocycles. The van der Waals surface area contributed by atoms with Gasteiger partial charge in [-0.3, -0.25) is 9.97 Å². The molecule has 14 rings (SSSR count). The highest BCUT2D eigenvalue weighted by molar-refractivity contribution is 5.79. The minimum atomic E-state index is 0.390. The third-order valence-corrected chi connectivity index (χ3v) is 18.8. The lowest BCUT2D eigenvalue weighted by atomic mass is 10.0. The van der Waals surface area contributed by atoms with Crippen LogP contribution in [0.5, 0.6) is 0 Å². The summed E-state index contributed by atoms with van der Waals surface area (Å²) >= 11 is 0. The van der Waals surface area contributed by atoms with Crippen LogP contribution in [0.25, 0.3) is 55.9 Å². The largest absolute Gasteiger partial charge is 0.260 e. The summed E-state index contributed by atoms with van der Waals surface area (Å²) in [6.07, 6.45) is 16.5. The average molecular weight is 1310 g/mol. The number of hydrogen-bond acceptors (Lipinski definition) is 2. The monoisotopic (exact) mass is 1310 g/mol. The Balaban J connectivity index is 0.000000139. The van der Waals surface area contributed by atoms with Gasteiger partial charge in [0.25, 0.3) is 11.4 Å². The van der Waals surface area contributed by atoms with Crippen LogP contribution in [0.3, 0.4) is 0 Å². The lowest BCUT2D eigenvalue weighted by Crippen LogP contribution is -2.42. The third kappa shape index (κ3) is 15.6. The summed E-state index contributed by atoms with van der Waals surface area (Å²) in [5.74, 6) is 0.844. The van der Waals surface area contributed by atoms with Crippen LogP contribution in [-0.4, -0.2) is 38.1 Å². The van der Waals surface area contributed by atoms with Gasteiger partial charge in [-0.1, -0.05) is 143 Å². The Labute approximate surface area is 582 Å². The molecule has 14 heteroatoms. The molecule has 0 bridgehead atoms. The first-order valence-corrected chi connectivity index (χ1v) is 34.1. The molecule has 0 fully saturated rings. The molecule has 0 atom stereocenters. The molecular formula is C84H104N14+6. The Kier molecular flexibility index (Phi) is 23.1. The lowest BCUT2D eigenvalue weighted by molar-refractivity contribution is -0.744. The first kappa shape index (κ1) is 71.7. The van der Waals surface area contributed by atoms with Gasteiger partial charge in [0.15, 0.2) is 26.5 Å². The van der Waals surface area contributed by atoms with E-state index >= 15 is 0 Å². The van der Waals surface area contributed by atoms with Crippen LogP contribution in [0, 0.1) is 83.1 Å². The molecule has 0 aliphatic heterocycles. The number of nitrogens with zero attached hydrogens (tertiary/aromatic N) is 14. The van der Waals surface area contributed by atoms with Crippen LogP contribution in [0.2, 0.25) is 0 Å². The molecule has 0 N–H and O–H groups in total. The summed E-state index contributed by atoms with van der Waals surface area (Å²) in [5, 5.41) is 2.57. The van der Waals surface area contributed by atoms with Crippen LogP contribution >= 0.6 is 0 Å². The van der Waals surface area contributed by atoms with Crippen LogP contribution < -0.4 is 28.1 Å². The smallest absolute Gasteiger partial charge is 0.254 e. The lowest BCUT2D eigenvalue weighted by Gasteiger charge is -2.09. The van der Waals surface area contributed by atoms with Crippen molar-refractivity contribution in [1.82, 2.24) is 38.1 Å². The van der Waals surface area contributed by atoms with Crippen LogP contribution in [0.15, 0.2) is 219 Å². The van der Waals surface area contributed by atoms with Crippen molar-refractivity contribution in [2.75, 3.05) is 0 Å². The van der Waals surface area contributed by atoms with Gasteiger partial charge in [0, 0.05) is 87.6 Å². The highest BCUT2D eigenvalue weighted by Crippen LogP contribution is 2.25. The molecule has 6 aromatic carbocycles. The molecular weight excluding hydrogens is 1210 g/mol. The van der Waals surface area contributed by atoms with Crippen molar-refractivity contribution in [1.29, 1.82) is 0 Å². The fraction of sp³-hybridized carbons (Fsp3) is 0.286. The second-order valence-corrected chi connectivity index (χ2v) is 26.5. The maximum Gasteiger partial charge on any atom is 0.260 e. The number of para-hydroxylation sites is 6. The molecule has 0 saturated heterocycles. The number of pyridine rings is 2. The van der Waals surface area contributed by atoms with Gasteiger partial charge in [0.2, 0.25) is 34.8 Å². The van der Waals surface area contributed by atoms with Crippen LogP contribution in [0.4, 0.5) is 0 Å². The van der Waals surface area contributed by atoms with Crippen molar-refractivity contribution >= 4 is 21.8 Å². The zero-order valence-corrected chi connectivity index (χ0v) is 62.2. The fourth-order valence-corrected chi connectivity index (χ4v) is 12.5. The first-order chi connectivity index (χ1) is 46.8. The second kappa shape index (κ2) is 31.5. The van der Waals surface area contributed by atoms with E-state index in [0.29, 0.717) is 11.8 Å². The molecule has 8 heterocycles. The summed E-state index contributed by atoms with van der Waals surface area (Å²) < 4.78 is 26.1. The Morgan fingerprint density at radius 2 is 0.898 bits per heavy atom. The SMILES string of the molecule is Cc1cc(C(C)C)ncc1-[n+]1c2ccccc2c(C)n1C.Cc1ccccc1-[n+]1cc(C)c(C)n1C.Cc1ccccc1-[n+]1ccc(C)n1C.Cc1ccccc1-n1ccc[n+]1C.Cc1ccnc(C(C)C)c1-[n+]1c2ccccc2c(C)n1C.Cc1cn(-c2ccccc2C)[n+](C)c1. The fourth-order valence-electron chi connectivity index (χ4n) is 12.5. The van der Waals surface area contributed by atoms with Crippen molar-refractivity contribution in [3.05, 3.63) is 298 Å². The second-order valence-electron chi connectivity index (χ2n) is 26.5. The van der Waals surface area contributed by atoms with E-state index in [4.69, 9.17) is 0 Å². The number of rotatable bonds is 8. The summed E-state index contributed by atoms with van der Waals surface area (Å²) in [4.78, 5) is 9.28. The zero-order valence-electron chi connectivity index (χ0n) is 62.2. The molecule has 0 amide bonds. The molecule has 14 aromatic rings. The zero-order chi connectivity index (χ0) is 70.8. The van der Waals surface area contributed by atoms with E-state index in [2.05, 4.69) is 407 Å². The molecule has 0 unspecified atom stereocenters. The topological polar surface area (TPSA) is 78.6 Å².